The highest BCUT2D eigenvalue weighted by molar-refractivity contribution is 7.78. The highest BCUT2D eigenvalue weighted by Crippen LogP contribution is 2.04. The molecule has 1 rings (SSSR count). The normalized spacial score (nSPS) is 14.7. The maximum atomic E-state index is 4.45. The monoisotopic (exact) mass is 166 g/mol. The van der Waals surface area contributed by atoms with E-state index in [1.165, 1.54) is 5.57 Å². The minimum Gasteiger partial charge on any atom is -0.387 e. The number of hydrogen-bond donors (Lipinski definition) is 1. The smallest absolute Gasteiger partial charge is 0.0585 e. The van der Waals surface area contributed by atoms with Crippen molar-refractivity contribution in [3.63, 3.8) is 0 Å². The van der Waals surface area contributed by atoms with Crippen molar-refractivity contribution in [1.82, 2.24) is 5.32 Å². The van der Waals surface area contributed by atoms with Crippen LogP contribution in [-0.2, 0) is 0 Å². The van der Waals surface area contributed by atoms with Gasteiger partial charge in [0.05, 0.1) is 11.7 Å². The van der Waals surface area contributed by atoms with Crippen LogP contribution in [0.2, 0.25) is 0 Å². The van der Waals surface area contributed by atoms with E-state index >= 15 is 0 Å². The fourth-order valence-electron chi connectivity index (χ4n) is 0.908. The third-order valence-electron chi connectivity index (χ3n) is 1.47. The van der Waals surface area contributed by atoms with Gasteiger partial charge in [-0.25, -0.2) is 4.99 Å². The molecule has 0 fully saturated rings. The Hall–Kier alpha value is -0.920. The molecule has 1 aliphatic heterocycles. The molecule has 0 saturated heterocycles. The van der Waals surface area contributed by atoms with E-state index in [-0.39, 0.29) is 0 Å². The highest BCUT2D eigenvalue weighted by Gasteiger charge is 1.94. The molecular formula is C8H10N2S. The van der Waals surface area contributed by atoms with E-state index in [4.69, 9.17) is 0 Å². The van der Waals surface area contributed by atoms with E-state index in [0.29, 0.717) is 0 Å². The van der Waals surface area contributed by atoms with Gasteiger partial charge in [-0.15, -0.1) is 0 Å². The number of hydrogen-bond acceptors (Lipinski definition) is 3. The maximum absolute atomic E-state index is 4.45. The summed E-state index contributed by atoms with van der Waals surface area (Å²) in [7, 11) is 0. The summed E-state index contributed by atoms with van der Waals surface area (Å²) in [6, 6.07) is 0. The van der Waals surface area contributed by atoms with Crippen molar-refractivity contribution in [2.45, 2.75) is 6.42 Å². The van der Waals surface area contributed by atoms with Crippen molar-refractivity contribution in [3.05, 3.63) is 23.9 Å². The topological polar surface area (TPSA) is 24.4 Å². The Morgan fingerprint density at radius 3 is 3.27 bits per heavy atom. The van der Waals surface area contributed by atoms with Gasteiger partial charge in [0.2, 0.25) is 0 Å². The molecular weight excluding hydrogens is 156 g/mol. The molecule has 0 spiro atoms. The lowest BCUT2D eigenvalue weighted by Gasteiger charge is -2.05. The Balaban J connectivity index is 2.30. The van der Waals surface area contributed by atoms with Crippen molar-refractivity contribution in [1.29, 1.82) is 0 Å². The summed E-state index contributed by atoms with van der Waals surface area (Å²) < 4.78 is 0. The summed E-state index contributed by atoms with van der Waals surface area (Å²) in [5.74, 6) is 0. The van der Waals surface area contributed by atoms with Crippen molar-refractivity contribution in [2.75, 3.05) is 13.1 Å². The lowest BCUT2D eigenvalue weighted by atomic mass is 10.1. The Labute approximate surface area is 71.7 Å². The van der Waals surface area contributed by atoms with Crippen LogP contribution in [0.4, 0.5) is 0 Å². The first-order chi connectivity index (χ1) is 5.43. The Kier molecular flexibility index (Phi) is 3.59. The zero-order valence-electron chi connectivity index (χ0n) is 6.21. The largest absolute Gasteiger partial charge is 0.387 e. The van der Waals surface area contributed by atoms with Gasteiger partial charge < -0.3 is 5.32 Å². The molecule has 0 bridgehead atoms. The molecule has 0 aromatic carbocycles. The van der Waals surface area contributed by atoms with Gasteiger partial charge in [0.25, 0.3) is 0 Å². The van der Waals surface area contributed by atoms with Crippen LogP contribution >= 0.6 is 12.2 Å². The number of aliphatic imine (C=N–C) groups is 1. The first kappa shape index (κ1) is 8.18. The zero-order chi connectivity index (χ0) is 7.94. The number of isothiocyanates is 1. The van der Waals surface area contributed by atoms with E-state index in [9.17, 15) is 0 Å². The second-order valence-electron chi connectivity index (χ2n) is 2.24. The highest BCUT2D eigenvalue weighted by atomic mass is 32.1. The summed E-state index contributed by atoms with van der Waals surface area (Å²) >= 11 is 4.45. The number of dihydropyridines is 1. The lowest BCUT2D eigenvalue weighted by molar-refractivity contribution is 0.909. The van der Waals surface area contributed by atoms with Crippen molar-refractivity contribution < 1.29 is 0 Å². The average Bonchev–Trinajstić information content (AvgIpc) is 2.07. The Bertz CT molecular complexity index is 224. The van der Waals surface area contributed by atoms with Gasteiger partial charge in [-0.05, 0) is 36.5 Å². The molecule has 1 aliphatic rings. The molecule has 0 aromatic heterocycles. The van der Waals surface area contributed by atoms with Crippen LogP contribution < -0.4 is 5.32 Å². The third kappa shape index (κ3) is 3.12. The molecule has 1 heterocycles. The van der Waals surface area contributed by atoms with E-state index in [1.54, 1.807) is 0 Å². The molecule has 0 aliphatic carbocycles. The molecule has 0 atom stereocenters. The van der Waals surface area contributed by atoms with Crippen LogP contribution in [0.15, 0.2) is 28.9 Å². The minimum atomic E-state index is 0.750. The maximum Gasteiger partial charge on any atom is 0.0585 e. The first-order valence-corrected chi connectivity index (χ1v) is 3.97. The molecule has 3 heteroatoms. The minimum absolute atomic E-state index is 0.750. The molecule has 2 nitrogen and oxygen atoms in total. The lowest BCUT2D eigenvalue weighted by Crippen LogP contribution is -2.08. The quantitative estimate of drug-likeness (QED) is 0.508. The third-order valence-corrected chi connectivity index (χ3v) is 1.60. The van der Waals surface area contributed by atoms with Gasteiger partial charge in [0.15, 0.2) is 0 Å². The summed E-state index contributed by atoms with van der Waals surface area (Å²) in [5.41, 5.74) is 1.32. The van der Waals surface area contributed by atoms with Crippen LogP contribution in [0.1, 0.15) is 6.42 Å². The summed E-state index contributed by atoms with van der Waals surface area (Å²) in [6.45, 7) is 1.67. The zero-order valence-corrected chi connectivity index (χ0v) is 7.03. The van der Waals surface area contributed by atoms with Gasteiger partial charge in [0.1, 0.15) is 0 Å². The molecule has 0 aromatic rings. The van der Waals surface area contributed by atoms with Crippen LogP contribution in [0.25, 0.3) is 0 Å². The number of nitrogens with one attached hydrogen (secondary N) is 1. The van der Waals surface area contributed by atoms with Crippen molar-refractivity contribution in [3.8, 4) is 0 Å². The fourth-order valence-corrected chi connectivity index (χ4v) is 0.999. The van der Waals surface area contributed by atoms with Crippen LogP contribution in [0.5, 0.6) is 0 Å². The molecule has 0 unspecified atom stereocenters. The van der Waals surface area contributed by atoms with Gasteiger partial charge in [0, 0.05) is 6.54 Å². The molecule has 0 saturated carbocycles. The molecule has 0 amide bonds. The summed E-state index contributed by atoms with van der Waals surface area (Å²) in [6.07, 6.45) is 7.12. The van der Waals surface area contributed by atoms with Gasteiger partial charge in [-0.3, -0.25) is 0 Å². The van der Waals surface area contributed by atoms with Gasteiger partial charge >= 0.3 is 0 Å². The fraction of sp³-hybridized carbons (Fsp3) is 0.375. The van der Waals surface area contributed by atoms with E-state index < -0.39 is 0 Å². The Morgan fingerprint density at radius 2 is 2.64 bits per heavy atom. The number of allylic oxidation sites excluding steroid dienone is 1. The van der Waals surface area contributed by atoms with Crippen molar-refractivity contribution >= 4 is 17.4 Å². The molecule has 11 heavy (non-hydrogen) atoms. The predicted octanol–water partition coefficient (Wildman–Crippen LogP) is 1.52. The van der Waals surface area contributed by atoms with E-state index in [0.717, 1.165) is 19.5 Å². The van der Waals surface area contributed by atoms with Gasteiger partial charge in [-0.1, -0.05) is 6.08 Å². The van der Waals surface area contributed by atoms with E-state index in [1.807, 2.05) is 6.20 Å². The second kappa shape index (κ2) is 4.83. The van der Waals surface area contributed by atoms with Crippen LogP contribution in [-0.4, -0.2) is 18.3 Å². The van der Waals surface area contributed by atoms with Crippen LogP contribution in [0, 0.1) is 0 Å². The molecule has 58 valence electrons. The average molecular weight is 166 g/mol. The summed E-state index contributed by atoms with van der Waals surface area (Å²) in [5, 5.41) is 5.43. The predicted molar refractivity (Wildman–Crippen MR) is 49.7 cm³/mol. The SMILES string of the molecule is S=C=NCCC1=CCNC=C1. The molecule has 1 N–H and O–H groups in total. The number of rotatable bonds is 3. The molecule has 0 radical (unpaired) electrons. The van der Waals surface area contributed by atoms with E-state index in [2.05, 4.69) is 39.8 Å². The first-order valence-electron chi connectivity index (χ1n) is 3.56. The standard InChI is InChI=1S/C8H10N2S/c11-7-10-6-3-8-1-4-9-5-2-8/h1-2,4,9H,3,5-6H2. The second-order valence-corrected chi connectivity index (χ2v) is 2.43. The van der Waals surface area contributed by atoms with Gasteiger partial charge in [-0.2, -0.15) is 0 Å². The van der Waals surface area contributed by atoms with Crippen LogP contribution in [0.3, 0.4) is 0 Å². The number of thiocarbonyl (C=S) groups is 1. The Morgan fingerprint density at radius 1 is 1.73 bits per heavy atom. The van der Waals surface area contributed by atoms with Crippen molar-refractivity contribution in [2.24, 2.45) is 4.99 Å². The summed E-state index contributed by atoms with van der Waals surface area (Å²) in [4.78, 5) is 3.84. The number of nitrogens with zero attached hydrogens (tertiary/aromatic N) is 1.